The topological polar surface area (TPSA) is 314 Å². The summed E-state index contributed by atoms with van der Waals surface area (Å²) in [6.45, 7) is 4.21. The number of benzene rings is 3. The first kappa shape index (κ1) is 56.0. The third kappa shape index (κ3) is 15.6. The molecule has 398 valence electrons. The molecule has 20 nitrogen and oxygen atoms in total. The molecular weight excluding hydrogens is 937 g/mol. The van der Waals surface area contributed by atoms with Crippen LogP contribution in [0.3, 0.4) is 0 Å². The maximum atomic E-state index is 14.5. The highest BCUT2D eigenvalue weighted by atomic mass is 16.5. The van der Waals surface area contributed by atoms with Crippen LogP contribution in [0.15, 0.2) is 60.7 Å². The fourth-order valence-electron chi connectivity index (χ4n) is 9.78. The Morgan fingerprint density at radius 3 is 2.10 bits per heavy atom. The molecule has 13 N–H and O–H groups in total. The Kier molecular flexibility index (Phi) is 20.8. The monoisotopic (exact) mass is 1010 g/mol. The number of aliphatic hydroxyl groups excluding tert-OH is 1. The Bertz CT molecular complexity index is 2390. The minimum Gasteiger partial charge on any atom is -0.508 e. The lowest BCUT2D eigenvalue weighted by Crippen LogP contribution is -2.61. The standard InChI is InChI=1S/C53H76N10O10/c1-3-4-5-6-7-8-25-73-40-21-18-34-26-36(17-16-35(34)27-40)47(66)58-41-12-10-24-57-50(69)44-28-37(55)30-62(44)52(71)43(11-9-23-54)60-48(67)42(22-15-33-13-19-39(65)20-14-33)59-51(70)45-29-38(56)31-63(45)53(72)46(32(2)64)61-49(41)68/h13-14,16-21,26-27,32,37-38,41-46,64-65H,3-12,15,22-25,28-31,54-56H2,1-2H3,(H,57,69)(H,58,66)(H,59,70)(H,60,67)(H,61,68)/t32-,37+,38+,41+,42+,43+,44+,45+,46+/m1/s1. The van der Waals surface area contributed by atoms with E-state index in [0.29, 0.717) is 18.8 Å². The average Bonchev–Trinajstić information content (AvgIpc) is 3.97. The van der Waals surface area contributed by atoms with Crippen molar-refractivity contribution < 1.29 is 48.5 Å². The summed E-state index contributed by atoms with van der Waals surface area (Å²) in [5.41, 5.74) is 19.6. The van der Waals surface area contributed by atoms with Crippen molar-refractivity contribution in [3.8, 4) is 11.5 Å². The second-order valence-electron chi connectivity index (χ2n) is 19.8. The molecule has 9 atom stereocenters. The SMILES string of the molecule is CCCCCCCCOc1ccc2cc(C(=O)N[C@H]3CCCNC(=O)[C@@H]4C[C@H](N)CN4C(=O)[C@H](CCCN)NC(=O)[C@H](CCc4ccc(O)cc4)NC(=O)[C@@H]4C[C@H](N)CN4C(=O)[C@H]([C@@H](C)O)NC3=O)ccc2c1. The molecule has 0 spiro atoms. The van der Waals surface area contributed by atoms with E-state index in [0.717, 1.165) is 29.2 Å². The van der Waals surface area contributed by atoms with Crippen LogP contribution in [-0.2, 0) is 35.2 Å². The van der Waals surface area contributed by atoms with Crippen LogP contribution in [0.5, 0.6) is 11.5 Å². The Balaban J connectivity index is 1.26. The van der Waals surface area contributed by atoms with Crippen LogP contribution < -0.4 is 48.5 Å². The largest absolute Gasteiger partial charge is 0.508 e. The number of aryl methyl sites for hydroxylation is 1. The third-order valence-electron chi connectivity index (χ3n) is 13.9. The number of hydrogen-bond acceptors (Lipinski definition) is 13. The van der Waals surface area contributed by atoms with Crippen LogP contribution in [0.25, 0.3) is 10.8 Å². The van der Waals surface area contributed by atoms with Crippen LogP contribution in [0.2, 0.25) is 0 Å². The van der Waals surface area contributed by atoms with Crippen molar-refractivity contribution >= 4 is 52.1 Å². The van der Waals surface area contributed by atoms with Crippen molar-refractivity contribution in [1.29, 1.82) is 0 Å². The van der Waals surface area contributed by atoms with E-state index in [9.17, 15) is 43.8 Å². The minimum atomic E-state index is -1.60. The Labute approximate surface area is 427 Å². The fraction of sp³-hybridized carbons (Fsp3) is 0.566. The molecule has 0 aliphatic carbocycles. The zero-order chi connectivity index (χ0) is 52.6. The Hall–Kier alpha value is -6.35. The van der Waals surface area contributed by atoms with Crippen LogP contribution >= 0.6 is 0 Å². The average molecular weight is 1010 g/mol. The number of aromatic hydroxyl groups is 1. The van der Waals surface area contributed by atoms with Gasteiger partial charge in [-0.3, -0.25) is 33.6 Å². The molecule has 3 aromatic rings. The van der Waals surface area contributed by atoms with Crippen molar-refractivity contribution in [2.75, 3.05) is 32.8 Å². The van der Waals surface area contributed by atoms with Gasteiger partial charge in [-0.05, 0) is 124 Å². The molecule has 3 aliphatic heterocycles. The second kappa shape index (κ2) is 27.1. The number of phenolic OH excluding ortho intramolecular Hbond substituents is 1. The lowest BCUT2D eigenvalue weighted by molar-refractivity contribution is -0.144. The predicted octanol–water partition coefficient (Wildman–Crippen LogP) is 1.36. The number of carbonyl (C=O) groups excluding carboxylic acids is 7. The molecule has 20 heteroatoms. The number of nitrogens with one attached hydrogen (secondary N) is 5. The van der Waals surface area contributed by atoms with Gasteiger partial charge in [0.25, 0.3) is 5.91 Å². The summed E-state index contributed by atoms with van der Waals surface area (Å²) in [6, 6.07) is 8.27. The maximum absolute atomic E-state index is 14.5. The van der Waals surface area contributed by atoms with E-state index in [4.69, 9.17) is 21.9 Å². The number of hydrogen-bond donors (Lipinski definition) is 10. The van der Waals surface area contributed by atoms with Crippen LogP contribution in [0, 0.1) is 0 Å². The second-order valence-corrected chi connectivity index (χ2v) is 19.8. The van der Waals surface area contributed by atoms with E-state index in [-0.39, 0.29) is 82.4 Å². The van der Waals surface area contributed by atoms with Gasteiger partial charge >= 0.3 is 0 Å². The predicted molar refractivity (Wildman–Crippen MR) is 275 cm³/mol. The highest BCUT2D eigenvalue weighted by Crippen LogP contribution is 2.25. The van der Waals surface area contributed by atoms with Crippen molar-refractivity contribution in [2.24, 2.45) is 17.2 Å². The van der Waals surface area contributed by atoms with Crippen LogP contribution in [0.1, 0.15) is 113 Å². The van der Waals surface area contributed by atoms with E-state index in [1.807, 2.05) is 18.2 Å². The van der Waals surface area contributed by atoms with Gasteiger partial charge in [0.15, 0.2) is 0 Å². The highest BCUT2D eigenvalue weighted by molar-refractivity contribution is 6.02. The van der Waals surface area contributed by atoms with Crippen molar-refractivity contribution in [1.82, 2.24) is 36.4 Å². The molecule has 3 saturated heterocycles. The van der Waals surface area contributed by atoms with Gasteiger partial charge in [0.1, 0.15) is 47.8 Å². The number of unbranched alkanes of at least 4 members (excludes halogenated alkanes) is 5. The van der Waals surface area contributed by atoms with Crippen molar-refractivity contribution in [3.63, 3.8) is 0 Å². The highest BCUT2D eigenvalue weighted by Gasteiger charge is 2.45. The molecule has 7 amide bonds. The molecule has 3 aliphatic rings. The molecule has 0 bridgehead atoms. The van der Waals surface area contributed by atoms with Crippen molar-refractivity contribution in [3.05, 3.63) is 71.8 Å². The normalized spacial score (nSPS) is 25.2. The zero-order valence-corrected chi connectivity index (χ0v) is 42.2. The van der Waals surface area contributed by atoms with Gasteiger partial charge in [-0.2, -0.15) is 0 Å². The van der Waals surface area contributed by atoms with Gasteiger partial charge in [-0.1, -0.05) is 63.3 Å². The molecule has 0 aromatic heterocycles. The third-order valence-corrected chi connectivity index (χ3v) is 13.9. The van der Waals surface area contributed by atoms with Crippen molar-refractivity contribution in [2.45, 2.75) is 158 Å². The lowest BCUT2D eigenvalue weighted by atomic mass is 10.0. The van der Waals surface area contributed by atoms with Gasteiger partial charge in [0.05, 0.1) is 12.7 Å². The number of rotatable bonds is 17. The minimum absolute atomic E-state index is 0.0153. The summed E-state index contributed by atoms with van der Waals surface area (Å²) in [4.78, 5) is 102. The molecular formula is C53H76N10O10. The summed E-state index contributed by atoms with van der Waals surface area (Å²) >= 11 is 0. The van der Waals surface area contributed by atoms with Gasteiger partial charge in [-0.25, -0.2) is 0 Å². The fourth-order valence-corrected chi connectivity index (χ4v) is 9.78. The van der Waals surface area contributed by atoms with Gasteiger partial charge in [0.2, 0.25) is 35.4 Å². The number of ether oxygens (including phenoxy) is 1. The summed E-state index contributed by atoms with van der Waals surface area (Å²) in [6.07, 6.45) is 6.35. The first-order valence-corrected chi connectivity index (χ1v) is 26.0. The Morgan fingerprint density at radius 1 is 0.753 bits per heavy atom. The van der Waals surface area contributed by atoms with Gasteiger partial charge in [0, 0.05) is 37.3 Å². The maximum Gasteiger partial charge on any atom is 0.251 e. The van der Waals surface area contributed by atoms with E-state index < -0.39 is 95.8 Å². The molecule has 3 heterocycles. The number of fused-ring (bicyclic) bond motifs is 3. The van der Waals surface area contributed by atoms with Gasteiger partial charge in [-0.15, -0.1) is 0 Å². The van der Waals surface area contributed by atoms with E-state index >= 15 is 0 Å². The van der Waals surface area contributed by atoms with E-state index in [2.05, 4.69) is 33.5 Å². The summed E-state index contributed by atoms with van der Waals surface area (Å²) in [5.74, 6) is -3.98. The first-order valence-electron chi connectivity index (χ1n) is 26.0. The number of nitrogens with zero attached hydrogens (tertiary/aromatic N) is 2. The Morgan fingerprint density at radius 2 is 1.40 bits per heavy atom. The van der Waals surface area contributed by atoms with Crippen LogP contribution in [-0.4, -0.2) is 149 Å². The number of amides is 7. The zero-order valence-electron chi connectivity index (χ0n) is 42.2. The first-order chi connectivity index (χ1) is 35.1. The number of aliphatic hydroxyl groups is 1. The molecule has 0 radical (unpaired) electrons. The number of carbonyl (C=O) groups is 7. The molecule has 3 fully saturated rings. The molecule has 0 unspecified atom stereocenters. The lowest BCUT2D eigenvalue weighted by Gasteiger charge is -2.32. The summed E-state index contributed by atoms with van der Waals surface area (Å²) in [7, 11) is 0. The molecule has 0 saturated carbocycles. The van der Waals surface area contributed by atoms with E-state index in [1.165, 1.54) is 54.5 Å². The quantitative estimate of drug-likeness (QED) is 0.0856. The summed E-state index contributed by atoms with van der Waals surface area (Å²) < 4.78 is 6.01. The van der Waals surface area contributed by atoms with Gasteiger partial charge < -0.3 is 68.5 Å². The van der Waals surface area contributed by atoms with Crippen LogP contribution in [0.4, 0.5) is 0 Å². The molecule has 73 heavy (non-hydrogen) atoms. The summed E-state index contributed by atoms with van der Waals surface area (Å²) in [5, 5.41) is 36.4. The smallest absolute Gasteiger partial charge is 0.251 e. The molecule has 6 rings (SSSR count). The van der Waals surface area contributed by atoms with E-state index in [1.54, 1.807) is 30.3 Å². The number of phenols is 1. The molecule has 3 aromatic carbocycles. The number of nitrogens with two attached hydrogens (primary N) is 3.